The van der Waals surface area contributed by atoms with Crippen molar-refractivity contribution in [2.75, 3.05) is 20.3 Å². The van der Waals surface area contributed by atoms with Crippen LogP contribution < -0.4 is 10.1 Å². The molecule has 0 atom stereocenters. The van der Waals surface area contributed by atoms with Gasteiger partial charge in [0.25, 0.3) is 0 Å². The standard InChI is InChI=1S/C17H20ClNO2/c1-13-5-3-7-15(11-13)21-17-14(6-4-8-16(17)18)12-19-9-10-20-2/h3-8,11,19H,9-10,12H2,1-2H3. The van der Waals surface area contributed by atoms with Crippen molar-refractivity contribution in [1.29, 1.82) is 0 Å². The molecule has 0 aromatic heterocycles. The van der Waals surface area contributed by atoms with E-state index < -0.39 is 0 Å². The second kappa shape index (κ2) is 8.03. The van der Waals surface area contributed by atoms with E-state index in [-0.39, 0.29) is 0 Å². The van der Waals surface area contributed by atoms with Crippen LogP contribution in [0.2, 0.25) is 5.02 Å². The van der Waals surface area contributed by atoms with E-state index in [1.54, 1.807) is 7.11 Å². The van der Waals surface area contributed by atoms with Gasteiger partial charge in [0.1, 0.15) is 11.5 Å². The number of ether oxygens (including phenoxy) is 2. The van der Waals surface area contributed by atoms with Gasteiger partial charge in [-0.25, -0.2) is 0 Å². The first-order valence-corrected chi connectivity index (χ1v) is 7.30. The zero-order valence-electron chi connectivity index (χ0n) is 12.4. The Labute approximate surface area is 130 Å². The monoisotopic (exact) mass is 305 g/mol. The molecule has 4 heteroatoms. The van der Waals surface area contributed by atoms with Gasteiger partial charge in [-0.1, -0.05) is 35.9 Å². The molecule has 3 nitrogen and oxygen atoms in total. The Morgan fingerprint density at radius 1 is 1.14 bits per heavy atom. The van der Waals surface area contributed by atoms with Crippen molar-refractivity contribution in [3.63, 3.8) is 0 Å². The van der Waals surface area contributed by atoms with Crippen molar-refractivity contribution in [2.45, 2.75) is 13.5 Å². The van der Waals surface area contributed by atoms with Crippen molar-refractivity contribution in [1.82, 2.24) is 5.32 Å². The summed E-state index contributed by atoms with van der Waals surface area (Å²) in [5.41, 5.74) is 2.18. The molecule has 112 valence electrons. The molecular formula is C17H20ClNO2. The first-order chi connectivity index (χ1) is 10.2. The summed E-state index contributed by atoms with van der Waals surface area (Å²) in [5, 5.41) is 3.92. The smallest absolute Gasteiger partial charge is 0.150 e. The lowest BCUT2D eigenvalue weighted by atomic mass is 10.2. The molecule has 0 unspecified atom stereocenters. The van der Waals surface area contributed by atoms with Crippen LogP contribution in [0.3, 0.4) is 0 Å². The van der Waals surface area contributed by atoms with E-state index in [4.69, 9.17) is 21.1 Å². The molecule has 0 aliphatic heterocycles. The van der Waals surface area contributed by atoms with E-state index >= 15 is 0 Å². The van der Waals surface area contributed by atoms with Gasteiger partial charge in [-0.3, -0.25) is 0 Å². The molecule has 0 spiro atoms. The van der Waals surface area contributed by atoms with E-state index in [0.29, 0.717) is 23.9 Å². The average Bonchev–Trinajstić information content (AvgIpc) is 2.47. The third-order valence-corrected chi connectivity index (χ3v) is 3.35. The van der Waals surface area contributed by atoms with Gasteiger partial charge in [0.15, 0.2) is 0 Å². The number of methoxy groups -OCH3 is 1. The minimum absolute atomic E-state index is 0.613. The lowest BCUT2D eigenvalue weighted by Gasteiger charge is -2.14. The topological polar surface area (TPSA) is 30.5 Å². The minimum atomic E-state index is 0.613. The quantitative estimate of drug-likeness (QED) is 0.779. The zero-order valence-corrected chi connectivity index (χ0v) is 13.1. The highest BCUT2D eigenvalue weighted by Crippen LogP contribution is 2.33. The first kappa shape index (κ1) is 15.8. The first-order valence-electron chi connectivity index (χ1n) is 6.92. The Kier molecular flexibility index (Phi) is 6.05. The van der Waals surface area contributed by atoms with E-state index in [9.17, 15) is 0 Å². The Balaban J connectivity index is 2.13. The number of hydrogen-bond donors (Lipinski definition) is 1. The third-order valence-electron chi connectivity index (χ3n) is 3.06. The number of aryl methyl sites for hydroxylation is 1. The number of benzene rings is 2. The fourth-order valence-electron chi connectivity index (χ4n) is 2.00. The average molecular weight is 306 g/mol. The summed E-state index contributed by atoms with van der Waals surface area (Å²) in [6, 6.07) is 13.7. The molecule has 0 aliphatic rings. The van der Waals surface area contributed by atoms with Gasteiger partial charge in [-0.2, -0.15) is 0 Å². The molecule has 0 saturated carbocycles. The summed E-state index contributed by atoms with van der Waals surface area (Å²) in [6.07, 6.45) is 0. The number of para-hydroxylation sites is 1. The summed E-state index contributed by atoms with van der Waals surface area (Å²) in [5.74, 6) is 1.50. The molecule has 21 heavy (non-hydrogen) atoms. The molecule has 0 fully saturated rings. The van der Waals surface area contributed by atoms with E-state index in [2.05, 4.69) is 5.32 Å². The van der Waals surface area contributed by atoms with Crippen LogP contribution in [0.1, 0.15) is 11.1 Å². The number of hydrogen-bond acceptors (Lipinski definition) is 3. The van der Waals surface area contributed by atoms with Gasteiger partial charge in [-0.05, 0) is 30.7 Å². The summed E-state index contributed by atoms with van der Waals surface area (Å²) in [7, 11) is 1.69. The molecule has 0 radical (unpaired) electrons. The maximum atomic E-state index is 6.28. The fraction of sp³-hybridized carbons (Fsp3) is 0.294. The predicted molar refractivity (Wildman–Crippen MR) is 86.3 cm³/mol. The predicted octanol–water partition coefficient (Wildman–Crippen LogP) is 4.18. The van der Waals surface area contributed by atoms with Crippen LogP contribution in [0.15, 0.2) is 42.5 Å². The normalized spacial score (nSPS) is 10.6. The van der Waals surface area contributed by atoms with Gasteiger partial charge >= 0.3 is 0 Å². The number of nitrogens with one attached hydrogen (secondary N) is 1. The molecule has 2 aromatic rings. The van der Waals surface area contributed by atoms with Crippen LogP contribution in [-0.2, 0) is 11.3 Å². The highest BCUT2D eigenvalue weighted by atomic mass is 35.5. The van der Waals surface area contributed by atoms with Crippen molar-refractivity contribution >= 4 is 11.6 Å². The molecule has 0 aliphatic carbocycles. The third kappa shape index (κ3) is 4.74. The van der Waals surface area contributed by atoms with Crippen molar-refractivity contribution in [3.8, 4) is 11.5 Å². The summed E-state index contributed by atoms with van der Waals surface area (Å²) in [4.78, 5) is 0. The van der Waals surface area contributed by atoms with Crippen molar-refractivity contribution in [2.24, 2.45) is 0 Å². The largest absolute Gasteiger partial charge is 0.455 e. The van der Waals surface area contributed by atoms with Crippen LogP contribution in [0.4, 0.5) is 0 Å². The Morgan fingerprint density at radius 2 is 1.95 bits per heavy atom. The fourth-order valence-corrected chi connectivity index (χ4v) is 2.23. The molecule has 2 aromatic carbocycles. The lowest BCUT2D eigenvalue weighted by molar-refractivity contribution is 0.199. The molecule has 0 amide bonds. The highest BCUT2D eigenvalue weighted by molar-refractivity contribution is 6.32. The molecule has 1 N–H and O–H groups in total. The van der Waals surface area contributed by atoms with E-state index in [1.165, 1.54) is 0 Å². The number of rotatable bonds is 7. The zero-order chi connectivity index (χ0) is 15.1. The van der Waals surface area contributed by atoms with Gasteiger partial charge in [0.2, 0.25) is 0 Å². The van der Waals surface area contributed by atoms with E-state index in [1.807, 2.05) is 49.4 Å². The van der Waals surface area contributed by atoms with Crippen molar-refractivity contribution < 1.29 is 9.47 Å². The van der Waals surface area contributed by atoms with Crippen LogP contribution in [-0.4, -0.2) is 20.3 Å². The van der Waals surface area contributed by atoms with Gasteiger partial charge < -0.3 is 14.8 Å². The van der Waals surface area contributed by atoms with Gasteiger partial charge in [-0.15, -0.1) is 0 Å². The van der Waals surface area contributed by atoms with E-state index in [0.717, 1.165) is 23.4 Å². The van der Waals surface area contributed by atoms with Crippen LogP contribution in [0, 0.1) is 6.92 Å². The number of halogens is 1. The molecular weight excluding hydrogens is 286 g/mol. The van der Waals surface area contributed by atoms with Crippen LogP contribution in [0.25, 0.3) is 0 Å². The van der Waals surface area contributed by atoms with Gasteiger partial charge in [0, 0.05) is 25.8 Å². The van der Waals surface area contributed by atoms with Crippen molar-refractivity contribution in [3.05, 3.63) is 58.6 Å². The summed E-state index contributed by atoms with van der Waals surface area (Å²) < 4.78 is 11.0. The highest BCUT2D eigenvalue weighted by Gasteiger charge is 2.09. The lowest BCUT2D eigenvalue weighted by Crippen LogP contribution is -2.18. The Morgan fingerprint density at radius 3 is 2.71 bits per heavy atom. The SMILES string of the molecule is COCCNCc1cccc(Cl)c1Oc1cccc(C)c1. The molecule has 0 bridgehead atoms. The molecule has 0 saturated heterocycles. The second-order valence-corrected chi connectivity index (χ2v) is 5.22. The minimum Gasteiger partial charge on any atom is -0.455 e. The maximum Gasteiger partial charge on any atom is 0.150 e. The summed E-state index contributed by atoms with van der Waals surface area (Å²) in [6.45, 7) is 4.18. The Hall–Kier alpha value is -1.55. The molecule has 2 rings (SSSR count). The van der Waals surface area contributed by atoms with Crippen LogP contribution >= 0.6 is 11.6 Å². The Bertz CT molecular complexity index is 587. The van der Waals surface area contributed by atoms with Gasteiger partial charge in [0.05, 0.1) is 11.6 Å². The summed E-state index contributed by atoms with van der Waals surface area (Å²) >= 11 is 6.28. The second-order valence-electron chi connectivity index (χ2n) is 4.82. The molecule has 0 heterocycles. The van der Waals surface area contributed by atoms with Crippen LogP contribution in [0.5, 0.6) is 11.5 Å². The maximum absolute atomic E-state index is 6.28.